The Morgan fingerprint density at radius 3 is 2.71 bits per heavy atom. The summed E-state index contributed by atoms with van der Waals surface area (Å²) < 4.78 is 12.9. The molecule has 0 spiro atoms. The zero-order valence-corrected chi connectivity index (χ0v) is 21.8. The van der Waals surface area contributed by atoms with Crippen molar-refractivity contribution in [3.63, 3.8) is 0 Å². The Morgan fingerprint density at radius 2 is 1.89 bits per heavy atom. The highest BCUT2D eigenvalue weighted by atomic mass is 16.6. The third-order valence-electron chi connectivity index (χ3n) is 6.49. The molecule has 1 aliphatic heterocycles. The standard InChI is InChI=1S/C28H29N7O3/c1-28(2,3)38-27(36)34-10-9-22-24(16-34)31-26(35-14-17-5-7-21(37-4)12-19(17)15-35)32-25(22)30-20-6-8-23-18(11-20)13-29-33-23/h5-8,11-15H,9-10,16H2,1-4H3,(H,29,33)(H,30,31,32). The molecule has 38 heavy (non-hydrogen) atoms. The molecule has 10 nitrogen and oxygen atoms in total. The van der Waals surface area contributed by atoms with E-state index in [-0.39, 0.29) is 6.09 Å². The molecule has 0 radical (unpaired) electrons. The van der Waals surface area contributed by atoms with Crippen LogP contribution in [0.25, 0.3) is 27.6 Å². The smallest absolute Gasteiger partial charge is 0.410 e. The van der Waals surface area contributed by atoms with Crippen molar-refractivity contribution >= 4 is 39.3 Å². The largest absolute Gasteiger partial charge is 0.497 e. The maximum absolute atomic E-state index is 12.8. The first-order valence-corrected chi connectivity index (χ1v) is 12.5. The highest BCUT2D eigenvalue weighted by Crippen LogP contribution is 2.30. The lowest BCUT2D eigenvalue weighted by Gasteiger charge is -2.31. The van der Waals surface area contributed by atoms with Crippen molar-refractivity contribution in [3.05, 3.63) is 66.2 Å². The SMILES string of the molecule is COc1ccc2cn(-c3nc4c(c(Nc5ccc6[nH]ncc6c5)n3)CCN(C(=O)OC(C)(C)C)C4)cc2c1. The van der Waals surface area contributed by atoms with Gasteiger partial charge >= 0.3 is 6.09 Å². The summed E-state index contributed by atoms with van der Waals surface area (Å²) in [5.41, 5.74) is 3.05. The number of rotatable bonds is 4. The molecule has 0 saturated heterocycles. The van der Waals surface area contributed by atoms with Gasteiger partial charge in [-0.3, -0.25) is 9.67 Å². The highest BCUT2D eigenvalue weighted by molar-refractivity contribution is 5.85. The molecular formula is C28H29N7O3. The molecule has 5 aromatic rings. The molecule has 0 unspecified atom stereocenters. The van der Waals surface area contributed by atoms with Gasteiger partial charge in [-0.2, -0.15) is 10.1 Å². The average Bonchev–Trinajstić information content (AvgIpc) is 3.53. The summed E-state index contributed by atoms with van der Waals surface area (Å²) in [6, 6.07) is 11.9. The Morgan fingerprint density at radius 1 is 1.05 bits per heavy atom. The van der Waals surface area contributed by atoms with Crippen LogP contribution in [0, 0.1) is 0 Å². The zero-order chi connectivity index (χ0) is 26.4. The van der Waals surface area contributed by atoms with E-state index in [1.165, 1.54) is 0 Å². The van der Waals surface area contributed by atoms with E-state index < -0.39 is 5.60 Å². The predicted molar refractivity (Wildman–Crippen MR) is 145 cm³/mol. The molecule has 6 rings (SSSR count). The number of nitrogens with zero attached hydrogens (tertiary/aromatic N) is 5. The van der Waals surface area contributed by atoms with E-state index in [4.69, 9.17) is 19.4 Å². The third kappa shape index (κ3) is 4.60. The second-order valence-electron chi connectivity index (χ2n) is 10.4. The van der Waals surface area contributed by atoms with Gasteiger partial charge in [-0.1, -0.05) is 0 Å². The monoisotopic (exact) mass is 511 g/mol. The number of aromatic amines is 1. The van der Waals surface area contributed by atoms with Crippen molar-refractivity contribution in [1.82, 2.24) is 29.6 Å². The van der Waals surface area contributed by atoms with Crippen LogP contribution >= 0.6 is 0 Å². The van der Waals surface area contributed by atoms with E-state index in [9.17, 15) is 4.79 Å². The van der Waals surface area contributed by atoms with Crippen LogP contribution in [-0.2, 0) is 17.7 Å². The van der Waals surface area contributed by atoms with Crippen LogP contribution in [0.15, 0.2) is 55.0 Å². The number of H-pyrrole nitrogens is 1. The number of amides is 1. The molecule has 3 aromatic heterocycles. The Hall–Kier alpha value is -4.60. The fourth-order valence-corrected chi connectivity index (χ4v) is 4.64. The number of carbonyl (C=O) groups excluding carboxylic acids is 1. The zero-order valence-electron chi connectivity index (χ0n) is 21.8. The minimum Gasteiger partial charge on any atom is -0.497 e. The lowest BCUT2D eigenvalue weighted by molar-refractivity contribution is 0.0221. The number of aromatic nitrogens is 5. The van der Waals surface area contributed by atoms with Gasteiger partial charge in [-0.15, -0.1) is 0 Å². The number of hydrogen-bond donors (Lipinski definition) is 2. The normalized spacial score (nSPS) is 13.5. The topological polar surface area (TPSA) is 110 Å². The van der Waals surface area contributed by atoms with Gasteiger partial charge in [0.05, 0.1) is 31.1 Å². The van der Waals surface area contributed by atoms with Crippen molar-refractivity contribution < 1.29 is 14.3 Å². The molecule has 0 fully saturated rings. The number of ether oxygens (including phenoxy) is 2. The minimum absolute atomic E-state index is 0.337. The Balaban J connectivity index is 1.41. The maximum atomic E-state index is 12.8. The summed E-state index contributed by atoms with van der Waals surface area (Å²) >= 11 is 0. The maximum Gasteiger partial charge on any atom is 0.410 e. The van der Waals surface area contributed by atoms with Gasteiger partial charge in [0.15, 0.2) is 0 Å². The molecule has 2 N–H and O–H groups in total. The second kappa shape index (κ2) is 9.05. The highest BCUT2D eigenvalue weighted by Gasteiger charge is 2.29. The van der Waals surface area contributed by atoms with Crippen LogP contribution in [0.4, 0.5) is 16.3 Å². The number of hydrogen-bond acceptors (Lipinski definition) is 7. The fourth-order valence-electron chi connectivity index (χ4n) is 4.64. The number of anilines is 2. The van der Waals surface area contributed by atoms with Gasteiger partial charge in [0.25, 0.3) is 0 Å². The molecule has 0 atom stereocenters. The first kappa shape index (κ1) is 23.8. The van der Waals surface area contributed by atoms with Gasteiger partial charge in [0.2, 0.25) is 5.95 Å². The van der Waals surface area contributed by atoms with E-state index in [0.717, 1.165) is 44.4 Å². The van der Waals surface area contributed by atoms with Crippen molar-refractivity contribution in [2.75, 3.05) is 19.0 Å². The predicted octanol–water partition coefficient (Wildman–Crippen LogP) is 5.34. The minimum atomic E-state index is -0.570. The van der Waals surface area contributed by atoms with E-state index in [2.05, 4.69) is 15.5 Å². The van der Waals surface area contributed by atoms with E-state index in [1.54, 1.807) is 18.2 Å². The molecule has 10 heteroatoms. The Bertz CT molecular complexity index is 1660. The van der Waals surface area contributed by atoms with Crippen molar-refractivity contribution in [3.8, 4) is 11.7 Å². The quantitative estimate of drug-likeness (QED) is 0.335. The molecule has 0 bridgehead atoms. The number of methoxy groups -OCH3 is 1. The van der Waals surface area contributed by atoms with Gasteiger partial charge in [-0.05, 0) is 63.6 Å². The molecule has 1 aliphatic rings. The molecule has 4 heterocycles. The number of fused-ring (bicyclic) bond motifs is 3. The van der Waals surface area contributed by atoms with Gasteiger partial charge in [-0.25, -0.2) is 9.78 Å². The Labute approximate surface area is 219 Å². The van der Waals surface area contributed by atoms with E-state index in [0.29, 0.717) is 31.3 Å². The number of nitrogens with one attached hydrogen (secondary N) is 2. The van der Waals surface area contributed by atoms with Crippen molar-refractivity contribution in [1.29, 1.82) is 0 Å². The van der Waals surface area contributed by atoms with Crippen LogP contribution in [0.1, 0.15) is 32.0 Å². The first-order chi connectivity index (χ1) is 18.3. The van der Waals surface area contributed by atoms with Crippen molar-refractivity contribution in [2.24, 2.45) is 0 Å². The third-order valence-corrected chi connectivity index (χ3v) is 6.49. The summed E-state index contributed by atoms with van der Waals surface area (Å²) in [5, 5.41) is 13.7. The van der Waals surface area contributed by atoms with Crippen LogP contribution in [0.5, 0.6) is 5.75 Å². The van der Waals surface area contributed by atoms with Crippen LogP contribution in [0.2, 0.25) is 0 Å². The Kier molecular flexibility index (Phi) is 5.67. The van der Waals surface area contributed by atoms with Crippen LogP contribution in [0.3, 0.4) is 0 Å². The molecule has 0 saturated carbocycles. The van der Waals surface area contributed by atoms with E-state index >= 15 is 0 Å². The molecule has 194 valence electrons. The van der Waals surface area contributed by atoms with E-state index in [1.807, 2.05) is 74.1 Å². The molecule has 0 aliphatic carbocycles. The summed E-state index contributed by atoms with van der Waals surface area (Å²) in [7, 11) is 1.65. The number of benzene rings is 2. The first-order valence-electron chi connectivity index (χ1n) is 12.5. The van der Waals surface area contributed by atoms with Gasteiger partial charge in [0, 0.05) is 46.3 Å². The second-order valence-corrected chi connectivity index (χ2v) is 10.4. The fraction of sp³-hybridized carbons (Fsp3) is 0.286. The summed E-state index contributed by atoms with van der Waals surface area (Å²) in [4.78, 5) is 24.4. The van der Waals surface area contributed by atoms with Crippen LogP contribution in [-0.4, -0.2) is 55.0 Å². The summed E-state index contributed by atoms with van der Waals surface area (Å²) in [5.74, 6) is 2.01. The average molecular weight is 512 g/mol. The lowest BCUT2D eigenvalue weighted by Crippen LogP contribution is -2.40. The van der Waals surface area contributed by atoms with Crippen molar-refractivity contribution in [2.45, 2.75) is 39.3 Å². The molecule has 1 amide bonds. The summed E-state index contributed by atoms with van der Waals surface area (Å²) in [6.45, 7) is 6.46. The molecular weight excluding hydrogens is 482 g/mol. The summed E-state index contributed by atoms with van der Waals surface area (Å²) in [6.07, 6.45) is 6.03. The van der Waals surface area contributed by atoms with Gasteiger partial charge in [0.1, 0.15) is 17.2 Å². The van der Waals surface area contributed by atoms with Gasteiger partial charge < -0.3 is 19.7 Å². The lowest BCUT2D eigenvalue weighted by atomic mass is 10.1. The number of carbonyl (C=O) groups is 1. The van der Waals surface area contributed by atoms with Crippen LogP contribution < -0.4 is 10.1 Å². The molecule has 2 aromatic carbocycles.